The van der Waals surface area contributed by atoms with Gasteiger partial charge in [0.25, 0.3) is 0 Å². The third kappa shape index (κ3) is 5.61. The zero-order chi connectivity index (χ0) is 24.0. The zero-order valence-corrected chi connectivity index (χ0v) is 19.9. The molecule has 1 aliphatic heterocycles. The van der Waals surface area contributed by atoms with Crippen molar-refractivity contribution in [2.24, 2.45) is 0 Å². The fourth-order valence-electron chi connectivity index (χ4n) is 4.03. The van der Waals surface area contributed by atoms with Gasteiger partial charge in [0.15, 0.2) is 22.5 Å². The summed E-state index contributed by atoms with van der Waals surface area (Å²) >= 11 is 0. The molecule has 1 unspecified atom stereocenters. The number of ether oxygens (including phenoxy) is 2. The van der Waals surface area contributed by atoms with Crippen molar-refractivity contribution in [3.63, 3.8) is 0 Å². The van der Waals surface area contributed by atoms with E-state index < -0.39 is 11.0 Å². The van der Waals surface area contributed by atoms with E-state index in [1.165, 1.54) is 0 Å². The van der Waals surface area contributed by atoms with E-state index in [0.29, 0.717) is 19.3 Å². The number of fused-ring (bicyclic) bond motifs is 1. The van der Waals surface area contributed by atoms with Crippen molar-refractivity contribution in [1.29, 1.82) is 0 Å². The molecule has 0 spiro atoms. The maximum atomic E-state index is 13.1. The van der Waals surface area contributed by atoms with E-state index in [1.807, 2.05) is 97.1 Å². The lowest BCUT2D eigenvalue weighted by Gasteiger charge is -2.11. The van der Waals surface area contributed by atoms with E-state index in [4.69, 9.17) is 9.47 Å². The number of carbonyl (C=O) groups excluding carboxylic acids is 1. The lowest BCUT2D eigenvalue weighted by Crippen LogP contribution is -2.07. The van der Waals surface area contributed by atoms with E-state index in [2.05, 4.69) is 4.72 Å². The Bertz CT molecular complexity index is 1350. The smallest absolute Gasteiger partial charge is 0.231 e. The molecule has 4 aromatic carbocycles. The van der Waals surface area contributed by atoms with Crippen LogP contribution in [0.4, 0.5) is 5.69 Å². The van der Waals surface area contributed by atoms with Crippen LogP contribution in [0.2, 0.25) is 0 Å². The third-order valence-electron chi connectivity index (χ3n) is 5.87. The summed E-state index contributed by atoms with van der Waals surface area (Å²) in [6.07, 6.45) is 1.49. The van der Waals surface area contributed by atoms with Crippen LogP contribution >= 0.6 is 0 Å². The largest absolute Gasteiger partial charge is 0.454 e. The van der Waals surface area contributed by atoms with Crippen molar-refractivity contribution in [3.05, 3.63) is 108 Å². The number of hydrogen-bond donors (Lipinski definition) is 1. The summed E-state index contributed by atoms with van der Waals surface area (Å²) in [4.78, 5) is 13.2. The number of rotatable bonds is 9. The summed E-state index contributed by atoms with van der Waals surface area (Å²) in [6, 6.07) is 30.9. The van der Waals surface area contributed by atoms with Gasteiger partial charge in [0.2, 0.25) is 6.79 Å². The first-order valence-corrected chi connectivity index (χ1v) is 12.6. The van der Waals surface area contributed by atoms with Crippen LogP contribution < -0.4 is 14.2 Å². The normalized spacial score (nSPS) is 12.8. The predicted octanol–water partition coefficient (Wildman–Crippen LogP) is 5.96. The molecule has 5 rings (SSSR count). The molecular weight excluding hydrogens is 458 g/mol. The van der Waals surface area contributed by atoms with Crippen LogP contribution in [0, 0.1) is 0 Å². The molecule has 5 nitrogen and oxygen atoms in total. The van der Waals surface area contributed by atoms with Gasteiger partial charge in [0, 0.05) is 18.5 Å². The SMILES string of the molecule is O=C(CCc1ccc2c(c1)OCO2)Cc1ccc(NS(=O)c2ccccc2-c2ccccc2)cc1. The van der Waals surface area contributed by atoms with Crippen LogP contribution in [0.1, 0.15) is 17.5 Å². The van der Waals surface area contributed by atoms with Crippen LogP contribution in [0.15, 0.2) is 102 Å². The molecule has 0 saturated carbocycles. The van der Waals surface area contributed by atoms with Gasteiger partial charge in [-0.3, -0.25) is 4.79 Å². The molecule has 176 valence electrons. The van der Waals surface area contributed by atoms with Gasteiger partial charge in [-0.1, -0.05) is 66.7 Å². The quantitative estimate of drug-likeness (QED) is 0.319. The number of ketones is 1. The molecule has 0 radical (unpaired) electrons. The summed E-state index contributed by atoms with van der Waals surface area (Å²) in [7, 11) is -1.42. The summed E-state index contributed by atoms with van der Waals surface area (Å²) in [5.41, 5.74) is 4.68. The van der Waals surface area contributed by atoms with Gasteiger partial charge in [-0.05, 0) is 59.0 Å². The van der Waals surface area contributed by atoms with Crippen molar-refractivity contribution >= 4 is 22.5 Å². The molecule has 1 aliphatic rings. The number of Topliss-reactive ketones (excluding diaryl/α,β-unsaturated/α-hetero) is 1. The Morgan fingerprint density at radius 1 is 0.800 bits per heavy atom. The summed E-state index contributed by atoms with van der Waals surface area (Å²) in [5, 5.41) is 0. The van der Waals surface area contributed by atoms with E-state index in [9.17, 15) is 9.00 Å². The van der Waals surface area contributed by atoms with Crippen LogP contribution in [-0.4, -0.2) is 16.8 Å². The molecule has 4 aromatic rings. The van der Waals surface area contributed by atoms with Crippen molar-refractivity contribution in [1.82, 2.24) is 0 Å². The van der Waals surface area contributed by atoms with Gasteiger partial charge in [0.05, 0.1) is 4.90 Å². The number of anilines is 1. The minimum absolute atomic E-state index is 0.170. The van der Waals surface area contributed by atoms with Crippen LogP contribution in [0.25, 0.3) is 11.1 Å². The Hall–Kier alpha value is -3.90. The molecule has 1 atom stereocenters. The Morgan fingerprint density at radius 3 is 2.34 bits per heavy atom. The number of carbonyl (C=O) groups is 1. The summed E-state index contributed by atoms with van der Waals surface area (Å²) in [5.74, 6) is 1.66. The highest BCUT2D eigenvalue weighted by Crippen LogP contribution is 2.33. The summed E-state index contributed by atoms with van der Waals surface area (Å²) in [6.45, 7) is 0.246. The first-order valence-electron chi connectivity index (χ1n) is 11.5. The van der Waals surface area contributed by atoms with E-state index in [0.717, 1.165) is 44.3 Å². The number of hydrogen-bond acceptors (Lipinski definition) is 4. The zero-order valence-electron chi connectivity index (χ0n) is 19.1. The lowest BCUT2D eigenvalue weighted by atomic mass is 10.0. The minimum Gasteiger partial charge on any atom is -0.454 e. The fourth-order valence-corrected chi connectivity index (χ4v) is 5.08. The van der Waals surface area contributed by atoms with Gasteiger partial charge in [-0.15, -0.1) is 0 Å². The van der Waals surface area contributed by atoms with Gasteiger partial charge >= 0.3 is 0 Å². The highest BCUT2D eigenvalue weighted by atomic mass is 32.2. The Labute approximate surface area is 207 Å². The molecule has 0 saturated heterocycles. The van der Waals surface area contributed by atoms with Gasteiger partial charge in [-0.2, -0.15) is 0 Å². The van der Waals surface area contributed by atoms with Crippen LogP contribution in [0.3, 0.4) is 0 Å². The van der Waals surface area contributed by atoms with Crippen molar-refractivity contribution < 1.29 is 18.5 Å². The molecule has 0 fully saturated rings. The first kappa shape index (κ1) is 22.9. The van der Waals surface area contributed by atoms with Gasteiger partial charge in [-0.25, -0.2) is 4.21 Å². The van der Waals surface area contributed by atoms with Crippen LogP contribution in [-0.2, 0) is 28.6 Å². The van der Waals surface area contributed by atoms with E-state index in [1.54, 1.807) is 0 Å². The highest BCUT2D eigenvalue weighted by molar-refractivity contribution is 7.86. The molecule has 1 heterocycles. The second kappa shape index (κ2) is 10.6. The average Bonchev–Trinajstić information content (AvgIpc) is 3.37. The monoisotopic (exact) mass is 483 g/mol. The topological polar surface area (TPSA) is 64.6 Å². The standard InChI is InChI=1S/C29H25NO4S/c31-25(16-12-22-13-17-27-28(19-22)34-20-33-27)18-21-10-14-24(15-11-21)30-35(32)29-9-5-4-8-26(29)23-6-2-1-3-7-23/h1-11,13-15,17,19,30H,12,16,18,20H2. The minimum atomic E-state index is -1.42. The molecule has 0 aliphatic carbocycles. The second-order valence-electron chi connectivity index (χ2n) is 8.33. The number of aryl methyl sites for hydroxylation is 1. The second-order valence-corrected chi connectivity index (χ2v) is 9.51. The van der Waals surface area contributed by atoms with Gasteiger partial charge in [0.1, 0.15) is 5.78 Å². The molecule has 35 heavy (non-hydrogen) atoms. The Balaban J connectivity index is 1.17. The predicted molar refractivity (Wildman–Crippen MR) is 138 cm³/mol. The maximum absolute atomic E-state index is 13.1. The Morgan fingerprint density at radius 2 is 1.51 bits per heavy atom. The molecule has 0 aromatic heterocycles. The van der Waals surface area contributed by atoms with Crippen LogP contribution in [0.5, 0.6) is 11.5 Å². The average molecular weight is 484 g/mol. The Kier molecular flexibility index (Phi) is 6.91. The first-order chi connectivity index (χ1) is 17.2. The van der Waals surface area contributed by atoms with Crippen molar-refractivity contribution in [2.45, 2.75) is 24.2 Å². The molecular formula is C29H25NO4S. The number of benzene rings is 4. The van der Waals surface area contributed by atoms with E-state index in [-0.39, 0.29) is 12.6 Å². The maximum Gasteiger partial charge on any atom is 0.231 e. The highest BCUT2D eigenvalue weighted by Gasteiger charge is 2.14. The number of nitrogens with one attached hydrogen (secondary N) is 1. The lowest BCUT2D eigenvalue weighted by molar-refractivity contribution is -0.118. The van der Waals surface area contributed by atoms with Crippen molar-refractivity contribution in [2.75, 3.05) is 11.5 Å². The fraction of sp³-hybridized carbons (Fsp3) is 0.138. The molecule has 6 heteroatoms. The third-order valence-corrected chi connectivity index (χ3v) is 7.04. The summed E-state index contributed by atoms with van der Waals surface area (Å²) < 4.78 is 26.9. The van der Waals surface area contributed by atoms with Crippen molar-refractivity contribution in [3.8, 4) is 22.6 Å². The molecule has 0 bridgehead atoms. The molecule has 1 N–H and O–H groups in total. The van der Waals surface area contributed by atoms with Gasteiger partial charge < -0.3 is 14.2 Å². The molecule has 0 amide bonds. The van der Waals surface area contributed by atoms with E-state index >= 15 is 0 Å².